The van der Waals surface area contributed by atoms with Crippen LogP contribution in [0.15, 0.2) is 53.5 Å². The van der Waals surface area contributed by atoms with Crippen molar-refractivity contribution in [1.82, 2.24) is 0 Å². The Morgan fingerprint density at radius 3 is 2.58 bits per heavy atom. The van der Waals surface area contributed by atoms with Gasteiger partial charge in [-0.05, 0) is 29.8 Å². The van der Waals surface area contributed by atoms with Crippen molar-refractivity contribution < 1.29 is 0 Å². The summed E-state index contributed by atoms with van der Waals surface area (Å²) in [5, 5.41) is 12.1. The average molecular weight is 248 g/mol. The van der Waals surface area contributed by atoms with E-state index in [1.807, 2.05) is 36.4 Å². The molecule has 0 aromatic heterocycles. The Hall–Kier alpha value is -2.80. The zero-order valence-corrected chi connectivity index (χ0v) is 10.2. The van der Waals surface area contributed by atoms with Crippen LogP contribution in [0.2, 0.25) is 0 Å². The second-order valence-electron chi connectivity index (χ2n) is 4.34. The van der Waals surface area contributed by atoms with Gasteiger partial charge in [-0.1, -0.05) is 24.3 Å². The highest BCUT2D eigenvalue weighted by atomic mass is 15.1. The SMILES string of the molecule is N#Cc1ccc(C2N=C(N)c3ccccc3N2)cc1. The van der Waals surface area contributed by atoms with Gasteiger partial charge in [-0.2, -0.15) is 5.26 Å². The molecule has 92 valence electrons. The molecule has 4 heteroatoms. The summed E-state index contributed by atoms with van der Waals surface area (Å²) in [6.45, 7) is 0. The predicted octanol–water partition coefficient (Wildman–Crippen LogP) is 2.39. The molecule has 0 bridgehead atoms. The number of hydrogen-bond donors (Lipinski definition) is 2. The topological polar surface area (TPSA) is 74.2 Å². The third kappa shape index (κ3) is 2.02. The van der Waals surface area contributed by atoms with Gasteiger partial charge in [0.25, 0.3) is 0 Å². The van der Waals surface area contributed by atoms with Gasteiger partial charge in [-0.3, -0.25) is 0 Å². The fraction of sp³-hybridized carbons (Fsp3) is 0.0667. The Kier molecular flexibility index (Phi) is 2.66. The molecule has 2 aromatic carbocycles. The summed E-state index contributed by atoms with van der Waals surface area (Å²) in [6.07, 6.45) is -0.206. The minimum Gasteiger partial charge on any atom is -0.383 e. The summed E-state index contributed by atoms with van der Waals surface area (Å²) in [4.78, 5) is 4.45. The molecule has 3 N–H and O–H groups in total. The molecule has 0 saturated carbocycles. The Labute approximate surface area is 111 Å². The van der Waals surface area contributed by atoms with Crippen molar-refractivity contribution >= 4 is 11.5 Å². The van der Waals surface area contributed by atoms with Gasteiger partial charge < -0.3 is 11.1 Å². The summed E-state index contributed by atoms with van der Waals surface area (Å²) >= 11 is 0. The minimum absolute atomic E-state index is 0.206. The zero-order chi connectivity index (χ0) is 13.2. The number of fused-ring (bicyclic) bond motifs is 1. The Bertz CT molecular complexity index is 680. The fourth-order valence-electron chi connectivity index (χ4n) is 2.12. The molecule has 4 nitrogen and oxygen atoms in total. The number of nitrogens with one attached hydrogen (secondary N) is 1. The molecule has 0 spiro atoms. The molecule has 2 aromatic rings. The number of hydrogen-bond acceptors (Lipinski definition) is 4. The molecular weight excluding hydrogens is 236 g/mol. The van der Waals surface area contributed by atoms with Gasteiger partial charge in [0.1, 0.15) is 12.0 Å². The van der Waals surface area contributed by atoms with E-state index in [1.165, 1.54) is 0 Å². The van der Waals surface area contributed by atoms with Gasteiger partial charge in [-0.25, -0.2) is 4.99 Å². The highest BCUT2D eigenvalue weighted by Gasteiger charge is 2.19. The summed E-state index contributed by atoms with van der Waals surface area (Å²) in [6, 6.07) is 17.3. The summed E-state index contributed by atoms with van der Waals surface area (Å²) < 4.78 is 0. The summed E-state index contributed by atoms with van der Waals surface area (Å²) in [5.41, 5.74) is 9.51. The first-order valence-electron chi connectivity index (χ1n) is 5.97. The number of nitrogens with zero attached hydrogens (tertiary/aromatic N) is 2. The van der Waals surface area contributed by atoms with Gasteiger partial charge in [0, 0.05) is 11.3 Å². The molecular formula is C15H12N4. The summed E-state index contributed by atoms with van der Waals surface area (Å²) in [5.74, 6) is 0.531. The van der Waals surface area contributed by atoms with Crippen LogP contribution < -0.4 is 11.1 Å². The lowest BCUT2D eigenvalue weighted by Gasteiger charge is -2.24. The van der Waals surface area contributed by atoms with Crippen LogP contribution in [0.1, 0.15) is 22.9 Å². The van der Waals surface area contributed by atoms with Crippen molar-refractivity contribution in [3.63, 3.8) is 0 Å². The maximum Gasteiger partial charge on any atom is 0.147 e. The Morgan fingerprint density at radius 1 is 1.11 bits per heavy atom. The molecule has 0 saturated heterocycles. The van der Waals surface area contributed by atoms with Crippen molar-refractivity contribution in [2.75, 3.05) is 5.32 Å². The summed E-state index contributed by atoms with van der Waals surface area (Å²) in [7, 11) is 0. The minimum atomic E-state index is -0.206. The Balaban J connectivity index is 1.96. The van der Waals surface area contributed by atoms with E-state index in [9.17, 15) is 0 Å². The van der Waals surface area contributed by atoms with Crippen LogP contribution in [0.3, 0.4) is 0 Å². The molecule has 19 heavy (non-hydrogen) atoms. The molecule has 0 radical (unpaired) electrons. The second-order valence-corrected chi connectivity index (χ2v) is 4.34. The van der Waals surface area contributed by atoms with Crippen molar-refractivity contribution in [2.45, 2.75) is 6.17 Å². The molecule has 0 aliphatic carbocycles. The van der Waals surface area contributed by atoms with E-state index in [1.54, 1.807) is 12.1 Å². The molecule has 3 rings (SSSR count). The van der Waals surface area contributed by atoms with E-state index in [0.717, 1.165) is 16.8 Å². The van der Waals surface area contributed by atoms with Crippen LogP contribution in [0.5, 0.6) is 0 Å². The van der Waals surface area contributed by atoms with E-state index in [4.69, 9.17) is 11.0 Å². The standard InChI is InChI=1S/C15H12N4/c16-9-10-5-7-11(8-6-10)15-18-13-4-2-1-3-12(13)14(17)19-15/h1-8,15,18H,(H2,17,19). The lowest BCUT2D eigenvalue weighted by atomic mass is 10.1. The first-order chi connectivity index (χ1) is 9.28. The molecule has 1 aliphatic heterocycles. The first-order valence-corrected chi connectivity index (χ1v) is 5.97. The first kappa shape index (κ1) is 11.3. The maximum absolute atomic E-state index is 8.80. The van der Waals surface area contributed by atoms with Crippen molar-refractivity contribution in [3.8, 4) is 6.07 Å². The Morgan fingerprint density at radius 2 is 1.84 bits per heavy atom. The number of benzene rings is 2. The number of rotatable bonds is 1. The zero-order valence-electron chi connectivity index (χ0n) is 10.2. The van der Waals surface area contributed by atoms with Gasteiger partial charge >= 0.3 is 0 Å². The molecule has 1 aliphatic rings. The fourth-order valence-corrected chi connectivity index (χ4v) is 2.12. The number of nitriles is 1. The van der Waals surface area contributed by atoms with E-state index < -0.39 is 0 Å². The largest absolute Gasteiger partial charge is 0.383 e. The van der Waals surface area contributed by atoms with Gasteiger partial charge in [-0.15, -0.1) is 0 Å². The second kappa shape index (κ2) is 4.46. The number of amidine groups is 1. The van der Waals surface area contributed by atoms with E-state index in [0.29, 0.717) is 11.4 Å². The van der Waals surface area contributed by atoms with E-state index >= 15 is 0 Å². The predicted molar refractivity (Wildman–Crippen MR) is 74.7 cm³/mol. The normalized spacial score (nSPS) is 16.8. The number of aliphatic imine (C=N–C) groups is 1. The van der Waals surface area contributed by atoms with Crippen LogP contribution in [0.4, 0.5) is 5.69 Å². The van der Waals surface area contributed by atoms with Crippen molar-refractivity contribution in [3.05, 3.63) is 65.2 Å². The van der Waals surface area contributed by atoms with Gasteiger partial charge in [0.2, 0.25) is 0 Å². The third-order valence-corrected chi connectivity index (χ3v) is 3.12. The average Bonchev–Trinajstić information content (AvgIpc) is 2.47. The van der Waals surface area contributed by atoms with E-state index in [-0.39, 0.29) is 6.17 Å². The lowest BCUT2D eigenvalue weighted by molar-refractivity contribution is 0.825. The van der Waals surface area contributed by atoms with Crippen molar-refractivity contribution in [2.24, 2.45) is 10.7 Å². The number of para-hydroxylation sites is 1. The van der Waals surface area contributed by atoms with Crippen LogP contribution in [-0.2, 0) is 0 Å². The lowest BCUT2D eigenvalue weighted by Crippen LogP contribution is -2.25. The molecule has 0 amide bonds. The van der Waals surface area contributed by atoms with Crippen LogP contribution >= 0.6 is 0 Å². The van der Waals surface area contributed by atoms with Crippen LogP contribution in [-0.4, -0.2) is 5.84 Å². The molecule has 1 atom stereocenters. The van der Waals surface area contributed by atoms with Crippen LogP contribution in [0.25, 0.3) is 0 Å². The number of nitrogens with two attached hydrogens (primary N) is 1. The number of anilines is 1. The maximum atomic E-state index is 8.80. The monoisotopic (exact) mass is 248 g/mol. The third-order valence-electron chi connectivity index (χ3n) is 3.12. The van der Waals surface area contributed by atoms with Crippen LogP contribution in [0, 0.1) is 11.3 Å². The van der Waals surface area contributed by atoms with Gasteiger partial charge in [0.15, 0.2) is 0 Å². The quantitative estimate of drug-likeness (QED) is 0.813. The van der Waals surface area contributed by atoms with Gasteiger partial charge in [0.05, 0.1) is 11.6 Å². The highest BCUT2D eigenvalue weighted by molar-refractivity contribution is 6.03. The smallest absolute Gasteiger partial charge is 0.147 e. The van der Waals surface area contributed by atoms with Crippen molar-refractivity contribution in [1.29, 1.82) is 5.26 Å². The molecule has 0 fully saturated rings. The highest BCUT2D eigenvalue weighted by Crippen LogP contribution is 2.28. The van der Waals surface area contributed by atoms with E-state index in [2.05, 4.69) is 16.4 Å². The molecule has 1 unspecified atom stereocenters. The molecule has 1 heterocycles.